The number of carbonyl (C=O) groups excluding carboxylic acids is 1. The third kappa shape index (κ3) is 3.17. The Morgan fingerprint density at radius 3 is 2.38 bits per heavy atom. The van der Waals surface area contributed by atoms with E-state index in [1.54, 1.807) is 0 Å². The van der Waals surface area contributed by atoms with Crippen molar-refractivity contribution < 1.29 is 28.4 Å². The van der Waals surface area contributed by atoms with E-state index >= 15 is 0 Å². The molecule has 3 aromatic rings. The normalized spacial score (nSPS) is 20.1. The number of amides is 1. The highest BCUT2D eigenvalue weighted by Crippen LogP contribution is 2.50. The molecule has 0 saturated carbocycles. The molecule has 0 radical (unpaired) electrons. The first-order chi connectivity index (χ1) is 17.6. The monoisotopic (exact) mass is 513 g/mol. The van der Waals surface area contributed by atoms with Gasteiger partial charge in [-0.05, 0) is 48.8 Å². The molecule has 3 aliphatic rings. The molecule has 194 valence electrons. The van der Waals surface area contributed by atoms with Gasteiger partial charge in [-0.3, -0.25) is 4.79 Å². The van der Waals surface area contributed by atoms with Crippen molar-refractivity contribution in [1.29, 1.82) is 5.26 Å². The second-order valence-corrected chi connectivity index (χ2v) is 10.3. The van der Waals surface area contributed by atoms with Crippen LogP contribution in [-0.4, -0.2) is 37.4 Å². The molecule has 37 heavy (non-hydrogen) atoms. The van der Waals surface area contributed by atoms with E-state index in [0.717, 1.165) is 40.9 Å². The van der Waals surface area contributed by atoms with E-state index in [0.29, 0.717) is 21.6 Å². The van der Waals surface area contributed by atoms with Crippen LogP contribution in [0, 0.1) is 11.3 Å². The molecule has 0 fully saturated rings. The number of halogens is 3. The summed E-state index contributed by atoms with van der Waals surface area (Å²) in [5.74, 6) is -1.54. The highest BCUT2D eigenvalue weighted by Gasteiger charge is 2.48. The summed E-state index contributed by atoms with van der Waals surface area (Å²) in [6.07, 6.45) is -0.433. The van der Waals surface area contributed by atoms with Gasteiger partial charge in [0, 0.05) is 50.2 Å². The molecule has 0 aliphatic heterocycles. The van der Waals surface area contributed by atoms with Gasteiger partial charge in [0.05, 0.1) is 40.0 Å². The topological polar surface area (TPSA) is 108 Å². The van der Waals surface area contributed by atoms with Crippen molar-refractivity contribution in [3.63, 3.8) is 0 Å². The van der Waals surface area contributed by atoms with Gasteiger partial charge in [-0.15, -0.1) is 0 Å². The summed E-state index contributed by atoms with van der Waals surface area (Å²) >= 11 is 0. The lowest BCUT2D eigenvalue weighted by Crippen LogP contribution is -2.20. The Labute approximate surface area is 210 Å². The third-order valence-corrected chi connectivity index (χ3v) is 8.53. The Kier molecular flexibility index (Phi) is 5.00. The maximum atomic E-state index is 14.6. The Morgan fingerprint density at radius 2 is 1.70 bits per heavy atom. The van der Waals surface area contributed by atoms with Gasteiger partial charge in [-0.1, -0.05) is 0 Å². The summed E-state index contributed by atoms with van der Waals surface area (Å²) in [6.45, 7) is 0. The summed E-state index contributed by atoms with van der Waals surface area (Å²) in [7, 11) is 3.31. The highest BCUT2D eigenvalue weighted by atomic mass is 19.4. The predicted molar refractivity (Wildman–Crippen MR) is 124 cm³/mol. The zero-order valence-corrected chi connectivity index (χ0v) is 20.4. The molecule has 1 amide bonds. The average Bonchev–Trinajstić information content (AvgIpc) is 3.65. The minimum absolute atomic E-state index is 0.0574. The second kappa shape index (κ2) is 7.84. The van der Waals surface area contributed by atoms with Crippen LogP contribution in [0.3, 0.4) is 0 Å². The number of nitriles is 1. The molecule has 6 rings (SSSR count). The largest absolute Gasteiger partial charge is 0.429 e. The van der Waals surface area contributed by atoms with Crippen LogP contribution in [0.2, 0.25) is 0 Å². The fraction of sp³-hybridized carbons (Fsp3) is 0.462. The first kappa shape index (κ1) is 23.6. The van der Waals surface area contributed by atoms with E-state index in [9.17, 15) is 33.6 Å². The number of alkyl halides is 3. The van der Waals surface area contributed by atoms with Gasteiger partial charge in [-0.2, -0.15) is 27.9 Å². The van der Waals surface area contributed by atoms with E-state index < -0.39 is 23.6 Å². The molecular weight excluding hydrogens is 487 g/mol. The van der Waals surface area contributed by atoms with Crippen LogP contribution >= 0.6 is 0 Å². The molecule has 3 N–H and O–H groups in total. The molecule has 3 aliphatic carbocycles. The molecule has 2 unspecified atom stereocenters. The number of hydrogen-bond donors (Lipinski definition) is 3. The fourth-order valence-corrected chi connectivity index (χ4v) is 7.08. The summed E-state index contributed by atoms with van der Waals surface area (Å²) in [5, 5.41) is 33.8. The SMILES string of the molecule is CNC(=O)c1cn(O)c2c1CC(c1c(C(F)(F)F)c3c(n1O)CC(c1c(C#N)c4c(n1C)CCC4)C3)C2. The van der Waals surface area contributed by atoms with Gasteiger partial charge in [0.25, 0.3) is 5.91 Å². The highest BCUT2D eigenvalue weighted by molar-refractivity contribution is 5.96. The van der Waals surface area contributed by atoms with E-state index in [1.165, 1.54) is 13.2 Å². The Morgan fingerprint density at radius 1 is 1.03 bits per heavy atom. The molecule has 8 nitrogen and oxygen atoms in total. The zero-order chi connectivity index (χ0) is 26.4. The van der Waals surface area contributed by atoms with Crippen LogP contribution in [0.15, 0.2) is 6.20 Å². The minimum atomic E-state index is -4.71. The summed E-state index contributed by atoms with van der Waals surface area (Å²) in [6, 6.07) is 2.29. The van der Waals surface area contributed by atoms with E-state index in [-0.39, 0.29) is 54.1 Å². The van der Waals surface area contributed by atoms with Crippen molar-refractivity contribution in [2.45, 2.75) is 63.0 Å². The maximum Gasteiger partial charge on any atom is 0.418 e. The van der Waals surface area contributed by atoms with Crippen LogP contribution in [0.1, 0.15) is 84.9 Å². The van der Waals surface area contributed by atoms with E-state index in [2.05, 4.69) is 11.4 Å². The molecule has 0 bridgehead atoms. The fourth-order valence-electron chi connectivity index (χ4n) is 7.08. The third-order valence-electron chi connectivity index (χ3n) is 8.53. The van der Waals surface area contributed by atoms with E-state index in [4.69, 9.17) is 0 Å². The van der Waals surface area contributed by atoms with Gasteiger partial charge in [0.15, 0.2) is 0 Å². The van der Waals surface area contributed by atoms with Crippen molar-refractivity contribution in [3.05, 3.63) is 68.0 Å². The van der Waals surface area contributed by atoms with Gasteiger partial charge in [0.1, 0.15) is 6.07 Å². The van der Waals surface area contributed by atoms with Gasteiger partial charge >= 0.3 is 6.18 Å². The number of nitrogens with zero attached hydrogens (tertiary/aromatic N) is 4. The molecular formula is C26H26F3N5O3. The number of rotatable bonds is 3. The van der Waals surface area contributed by atoms with Crippen molar-refractivity contribution >= 4 is 5.91 Å². The average molecular weight is 514 g/mol. The first-order valence-corrected chi connectivity index (χ1v) is 12.3. The second-order valence-electron chi connectivity index (χ2n) is 10.3. The van der Waals surface area contributed by atoms with E-state index in [1.807, 2.05) is 11.6 Å². The number of hydrogen-bond acceptors (Lipinski definition) is 4. The van der Waals surface area contributed by atoms with Gasteiger partial charge in [-0.25, -0.2) is 0 Å². The maximum absolute atomic E-state index is 14.6. The standard InChI is InChI=1S/C26H26F3N5O3/c1-31-25(35)18-11-33(36)20-8-13(6-15(18)20)24-22(26(27,28)29)16-7-12(9-21(16)34(24)37)23-17(10-30)14-4-3-5-19(14)32(23)2/h11-13,36-37H,3-9H2,1-2H3,(H,31,35). The van der Waals surface area contributed by atoms with Gasteiger partial charge < -0.3 is 20.3 Å². The molecule has 0 aromatic carbocycles. The molecule has 0 spiro atoms. The number of nitrogens with one attached hydrogen (secondary N) is 1. The molecule has 3 heterocycles. The van der Waals surface area contributed by atoms with Crippen LogP contribution in [0.4, 0.5) is 13.2 Å². The quantitative estimate of drug-likeness (QED) is 0.465. The molecule has 0 saturated heterocycles. The van der Waals surface area contributed by atoms with Crippen molar-refractivity contribution in [2.24, 2.45) is 7.05 Å². The van der Waals surface area contributed by atoms with Crippen molar-refractivity contribution in [2.75, 3.05) is 7.05 Å². The van der Waals surface area contributed by atoms with Gasteiger partial charge in [0.2, 0.25) is 0 Å². The molecule has 11 heteroatoms. The smallest absolute Gasteiger partial charge is 0.418 e. The lowest BCUT2D eigenvalue weighted by molar-refractivity contribution is -0.139. The Bertz CT molecular complexity index is 1520. The summed E-state index contributed by atoms with van der Waals surface area (Å²) in [5.41, 5.74) is 3.66. The lowest BCUT2D eigenvalue weighted by Gasteiger charge is -2.19. The number of fused-ring (bicyclic) bond motifs is 3. The van der Waals surface area contributed by atoms with Crippen molar-refractivity contribution in [3.8, 4) is 6.07 Å². The first-order valence-electron chi connectivity index (χ1n) is 12.3. The molecule has 3 aromatic heterocycles. The minimum Gasteiger partial charge on any atom is -0.429 e. The Balaban J connectivity index is 1.41. The van der Waals surface area contributed by atoms with Crippen LogP contribution < -0.4 is 5.32 Å². The number of aromatic nitrogens is 3. The van der Waals surface area contributed by atoms with Crippen molar-refractivity contribution in [1.82, 2.24) is 19.3 Å². The predicted octanol–water partition coefficient (Wildman–Crippen LogP) is 3.61. The summed E-state index contributed by atoms with van der Waals surface area (Å²) in [4.78, 5) is 12.2. The number of carbonyl (C=O) groups is 1. The van der Waals surface area contributed by atoms with Crippen LogP contribution in [-0.2, 0) is 51.7 Å². The van der Waals surface area contributed by atoms with Crippen LogP contribution in [0.5, 0.6) is 0 Å². The summed E-state index contributed by atoms with van der Waals surface area (Å²) < 4.78 is 47.1. The van der Waals surface area contributed by atoms with Crippen LogP contribution in [0.25, 0.3) is 0 Å². The zero-order valence-electron chi connectivity index (χ0n) is 20.4. The lowest BCUT2D eigenvalue weighted by atomic mass is 9.92. The Hall–Kier alpha value is -3.81. The molecule has 2 atom stereocenters.